The summed E-state index contributed by atoms with van der Waals surface area (Å²) in [7, 11) is 2.65. The van der Waals surface area contributed by atoms with Crippen LogP contribution in [0.1, 0.15) is 48.9 Å². The van der Waals surface area contributed by atoms with Crippen molar-refractivity contribution in [1.82, 2.24) is 20.2 Å². The van der Waals surface area contributed by atoms with Crippen LogP contribution in [0, 0.1) is 5.92 Å². The molecule has 0 saturated carbocycles. The van der Waals surface area contributed by atoms with Crippen LogP contribution < -0.4 is 5.32 Å². The first-order valence-corrected chi connectivity index (χ1v) is 12.3. The van der Waals surface area contributed by atoms with E-state index in [0.717, 1.165) is 41.1 Å². The summed E-state index contributed by atoms with van der Waals surface area (Å²) in [5, 5.41) is 2.67. The zero-order valence-electron chi connectivity index (χ0n) is 21.5. The highest BCUT2D eigenvalue weighted by Gasteiger charge is 2.37. The molecule has 2 amide bonds. The monoisotopic (exact) mass is 504 g/mol. The van der Waals surface area contributed by atoms with Gasteiger partial charge < -0.3 is 24.7 Å². The summed E-state index contributed by atoms with van der Waals surface area (Å²) in [5.74, 6) is 0.140. The third kappa shape index (κ3) is 5.66. The molecule has 0 unspecified atom stereocenters. The number of likely N-dealkylation sites (tertiary alicyclic amines) is 1. The number of esters is 1. The lowest BCUT2D eigenvalue weighted by atomic mass is 10.0. The van der Waals surface area contributed by atoms with E-state index in [-0.39, 0.29) is 23.8 Å². The fourth-order valence-electron chi connectivity index (χ4n) is 4.60. The number of benzene rings is 2. The summed E-state index contributed by atoms with van der Waals surface area (Å²) in [6.45, 7) is 4.40. The number of amides is 2. The minimum absolute atomic E-state index is 0.0878. The molecule has 2 aromatic carbocycles. The van der Waals surface area contributed by atoms with Crippen molar-refractivity contribution in [3.8, 4) is 22.4 Å². The second-order valence-electron chi connectivity index (χ2n) is 9.38. The number of carbonyl (C=O) groups is 3. The summed E-state index contributed by atoms with van der Waals surface area (Å²) < 4.78 is 9.46. The molecule has 0 radical (unpaired) electrons. The average Bonchev–Trinajstić information content (AvgIpc) is 3.61. The topological polar surface area (TPSA) is 114 Å². The quantitative estimate of drug-likeness (QED) is 0.456. The molecule has 0 bridgehead atoms. The molecule has 9 nitrogen and oxygen atoms in total. The van der Waals surface area contributed by atoms with Gasteiger partial charge in [-0.2, -0.15) is 0 Å². The lowest BCUT2D eigenvalue weighted by molar-refractivity contribution is -0.135. The molecule has 1 saturated heterocycles. The smallest absolute Gasteiger partial charge is 0.407 e. The Balaban J connectivity index is 1.49. The van der Waals surface area contributed by atoms with Gasteiger partial charge in [0, 0.05) is 6.54 Å². The van der Waals surface area contributed by atoms with Gasteiger partial charge in [-0.3, -0.25) is 4.79 Å². The van der Waals surface area contributed by atoms with Gasteiger partial charge >= 0.3 is 12.1 Å². The minimum atomic E-state index is -0.670. The van der Waals surface area contributed by atoms with E-state index in [1.54, 1.807) is 23.2 Å². The number of aromatic nitrogens is 2. The molecule has 9 heteroatoms. The van der Waals surface area contributed by atoms with E-state index in [2.05, 4.69) is 15.3 Å². The number of H-pyrrole nitrogens is 1. The average molecular weight is 505 g/mol. The van der Waals surface area contributed by atoms with Crippen LogP contribution >= 0.6 is 0 Å². The molecule has 0 spiro atoms. The van der Waals surface area contributed by atoms with Crippen molar-refractivity contribution in [2.45, 2.75) is 38.8 Å². The van der Waals surface area contributed by atoms with Crippen LogP contribution in [0.5, 0.6) is 0 Å². The summed E-state index contributed by atoms with van der Waals surface area (Å²) >= 11 is 0. The van der Waals surface area contributed by atoms with E-state index < -0.39 is 12.1 Å². The van der Waals surface area contributed by atoms with Crippen LogP contribution in [-0.4, -0.2) is 59.6 Å². The van der Waals surface area contributed by atoms with Gasteiger partial charge in [-0.25, -0.2) is 14.6 Å². The number of aromatic amines is 1. The molecule has 1 aliphatic rings. The summed E-state index contributed by atoms with van der Waals surface area (Å²) in [6.07, 6.45) is 2.82. The summed E-state index contributed by atoms with van der Waals surface area (Å²) in [6, 6.07) is 14.5. The van der Waals surface area contributed by atoms with Gasteiger partial charge in [-0.15, -0.1) is 0 Å². The second kappa shape index (κ2) is 11.3. The first-order valence-electron chi connectivity index (χ1n) is 12.3. The number of alkyl carbamates (subject to hydrolysis) is 1. The van der Waals surface area contributed by atoms with E-state index in [1.807, 2.05) is 50.2 Å². The van der Waals surface area contributed by atoms with Crippen molar-refractivity contribution in [3.63, 3.8) is 0 Å². The molecular formula is C28H32N4O5. The Hall–Kier alpha value is -4.14. The largest absolute Gasteiger partial charge is 0.465 e. The molecular weight excluding hydrogens is 472 g/mol. The van der Waals surface area contributed by atoms with Crippen LogP contribution in [-0.2, 0) is 14.3 Å². The maximum Gasteiger partial charge on any atom is 0.407 e. The Morgan fingerprint density at radius 1 is 0.973 bits per heavy atom. The Morgan fingerprint density at radius 3 is 2.19 bits per heavy atom. The van der Waals surface area contributed by atoms with Crippen LogP contribution in [0.15, 0.2) is 54.7 Å². The zero-order chi connectivity index (χ0) is 26.5. The number of ether oxygens (including phenoxy) is 2. The third-order valence-corrected chi connectivity index (χ3v) is 6.67. The van der Waals surface area contributed by atoms with Crippen molar-refractivity contribution in [1.29, 1.82) is 0 Å². The zero-order valence-corrected chi connectivity index (χ0v) is 21.5. The number of carbonyl (C=O) groups excluding carboxylic acids is 3. The predicted molar refractivity (Wildman–Crippen MR) is 139 cm³/mol. The molecule has 194 valence electrons. The van der Waals surface area contributed by atoms with Crippen molar-refractivity contribution in [2.75, 3.05) is 20.8 Å². The highest BCUT2D eigenvalue weighted by Crippen LogP contribution is 2.33. The first kappa shape index (κ1) is 25.9. The fourth-order valence-corrected chi connectivity index (χ4v) is 4.60. The molecule has 1 fully saturated rings. The molecule has 2 N–H and O–H groups in total. The number of methoxy groups -OCH3 is 2. The number of imidazole rings is 1. The Kier molecular flexibility index (Phi) is 7.91. The molecule has 2 atom stereocenters. The number of hydrogen-bond acceptors (Lipinski definition) is 6. The standard InChI is InChI=1S/C28H32N4O5/c1-17(2)24(31-28(35)37-4)26(33)32-15-5-6-23(32)25-29-16-22(30-25)20-11-7-18(8-12-20)19-9-13-21(14-10-19)27(34)36-3/h7-14,16-17,23-24H,5-6,15H2,1-4H3,(H,29,30)(H,31,35)/t23-,24-/m0/s1. The van der Waals surface area contributed by atoms with Gasteiger partial charge in [0.1, 0.15) is 11.9 Å². The van der Waals surface area contributed by atoms with Crippen molar-refractivity contribution >= 4 is 18.0 Å². The van der Waals surface area contributed by atoms with Gasteiger partial charge in [-0.05, 0) is 47.6 Å². The lowest BCUT2D eigenvalue weighted by Gasteiger charge is -2.30. The molecule has 0 aliphatic carbocycles. The highest BCUT2D eigenvalue weighted by atomic mass is 16.5. The lowest BCUT2D eigenvalue weighted by Crippen LogP contribution is -2.51. The van der Waals surface area contributed by atoms with Crippen LogP contribution in [0.25, 0.3) is 22.4 Å². The van der Waals surface area contributed by atoms with Crippen molar-refractivity contribution in [3.05, 3.63) is 66.1 Å². The third-order valence-electron chi connectivity index (χ3n) is 6.67. The number of hydrogen-bond donors (Lipinski definition) is 2. The molecule has 4 rings (SSSR count). The van der Waals surface area contributed by atoms with E-state index in [4.69, 9.17) is 9.47 Å². The maximum atomic E-state index is 13.3. The number of rotatable bonds is 7. The van der Waals surface area contributed by atoms with Gasteiger partial charge in [-0.1, -0.05) is 50.2 Å². The Bertz CT molecular complexity index is 1250. The van der Waals surface area contributed by atoms with E-state index >= 15 is 0 Å². The molecule has 2 heterocycles. The SMILES string of the molecule is COC(=O)N[C@H](C(=O)N1CCC[C@H]1c1ncc(-c2ccc(-c3ccc(C(=O)OC)cc3)cc2)[nH]1)C(C)C. The van der Waals surface area contributed by atoms with Gasteiger partial charge in [0.2, 0.25) is 5.91 Å². The number of nitrogens with zero attached hydrogens (tertiary/aromatic N) is 2. The van der Waals surface area contributed by atoms with Gasteiger partial charge in [0.25, 0.3) is 0 Å². The van der Waals surface area contributed by atoms with E-state index in [9.17, 15) is 14.4 Å². The summed E-state index contributed by atoms with van der Waals surface area (Å²) in [5.41, 5.74) is 4.34. The first-order chi connectivity index (χ1) is 17.8. The highest BCUT2D eigenvalue weighted by molar-refractivity contribution is 5.90. The van der Waals surface area contributed by atoms with Crippen LogP contribution in [0.2, 0.25) is 0 Å². The van der Waals surface area contributed by atoms with E-state index in [1.165, 1.54) is 14.2 Å². The Labute approximate surface area is 216 Å². The van der Waals surface area contributed by atoms with Gasteiger partial charge in [0.15, 0.2) is 0 Å². The van der Waals surface area contributed by atoms with Crippen LogP contribution in [0.4, 0.5) is 4.79 Å². The predicted octanol–water partition coefficient (Wildman–Crippen LogP) is 4.57. The fraction of sp³-hybridized carbons (Fsp3) is 0.357. The Morgan fingerprint density at radius 2 is 1.59 bits per heavy atom. The van der Waals surface area contributed by atoms with Gasteiger partial charge in [0.05, 0.1) is 37.7 Å². The van der Waals surface area contributed by atoms with Crippen molar-refractivity contribution in [2.24, 2.45) is 5.92 Å². The van der Waals surface area contributed by atoms with Crippen molar-refractivity contribution < 1.29 is 23.9 Å². The molecule has 3 aromatic rings. The number of nitrogens with one attached hydrogen (secondary N) is 2. The molecule has 1 aliphatic heterocycles. The summed E-state index contributed by atoms with van der Waals surface area (Å²) in [4.78, 5) is 46.6. The normalized spacial score (nSPS) is 15.9. The van der Waals surface area contributed by atoms with Crippen LogP contribution in [0.3, 0.4) is 0 Å². The minimum Gasteiger partial charge on any atom is -0.465 e. The molecule has 1 aromatic heterocycles. The van der Waals surface area contributed by atoms with E-state index in [0.29, 0.717) is 12.1 Å². The molecule has 37 heavy (non-hydrogen) atoms. The second-order valence-corrected chi connectivity index (χ2v) is 9.38. The maximum absolute atomic E-state index is 13.3.